The summed E-state index contributed by atoms with van der Waals surface area (Å²) < 4.78 is 24.3. The maximum atomic E-state index is 14.0. The second kappa shape index (κ2) is 10.7. The first kappa shape index (κ1) is 26.1. The van der Waals surface area contributed by atoms with Gasteiger partial charge < -0.3 is 29.2 Å². The monoisotopic (exact) mass is 509 g/mol. The first-order chi connectivity index (χ1) is 17.7. The fourth-order valence-corrected chi connectivity index (χ4v) is 5.54. The summed E-state index contributed by atoms with van der Waals surface area (Å²) in [6.45, 7) is 11.6. The Labute approximate surface area is 219 Å². The Balaban J connectivity index is 1.43. The second-order valence-electron chi connectivity index (χ2n) is 11.1. The number of rotatable bonds is 6. The molecule has 37 heavy (non-hydrogen) atoms. The van der Waals surface area contributed by atoms with E-state index in [1.54, 1.807) is 6.20 Å². The third-order valence-electron chi connectivity index (χ3n) is 7.28. The lowest BCUT2D eigenvalue weighted by Gasteiger charge is -2.33. The van der Waals surface area contributed by atoms with Gasteiger partial charge in [0, 0.05) is 18.2 Å². The van der Waals surface area contributed by atoms with E-state index in [1.165, 1.54) is 0 Å². The summed E-state index contributed by atoms with van der Waals surface area (Å²) in [5.74, 6) is 0.717. The van der Waals surface area contributed by atoms with Crippen molar-refractivity contribution in [3.63, 3.8) is 0 Å². The number of carbonyl (C=O) groups is 1. The van der Waals surface area contributed by atoms with Gasteiger partial charge in [-0.15, -0.1) is 0 Å². The molecular formula is C29H39N3O5. The summed E-state index contributed by atoms with van der Waals surface area (Å²) in [5, 5.41) is 3.45. The molecule has 8 heteroatoms. The minimum atomic E-state index is -0.510. The molecule has 4 atom stereocenters. The highest BCUT2D eigenvalue weighted by atomic mass is 16.6. The number of anilines is 3. The van der Waals surface area contributed by atoms with Gasteiger partial charge in [0.2, 0.25) is 0 Å². The number of aromatic nitrogens is 1. The van der Waals surface area contributed by atoms with Crippen LogP contribution in [-0.2, 0) is 35.9 Å². The normalized spacial score (nSPS) is 27.5. The fourth-order valence-electron chi connectivity index (χ4n) is 5.54. The molecule has 2 aromatic rings. The summed E-state index contributed by atoms with van der Waals surface area (Å²) in [7, 11) is 0. The van der Waals surface area contributed by atoms with Crippen LogP contribution in [-0.4, -0.2) is 54.6 Å². The second-order valence-corrected chi connectivity index (χ2v) is 11.1. The quantitative estimate of drug-likeness (QED) is 0.582. The van der Waals surface area contributed by atoms with Crippen LogP contribution >= 0.6 is 0 Å². The number of benzene rings is 1. The number of ether oxygens (including phenoxy) is 4. The lowest BCUT2D eigenvalue weighted by Crippen LogP contribution is -2.44. The summed E-state index contributed by atoms with van der Waals surface area (Å²) >= 11 is 0. The molecule has 1 aromatic carbocycles. The van der Waals surface area contributed by atoms with Gasteiger partial charge in [0.25, 0.3) is 5.91 Å². The molecule has 4 heterocycles. The van der Waals surface area contributed by atoms with Gasteiger partial charge in [-0.3, -0.25) is 4.79 Å². The van der Waals surface area contributed by atoms with E-state index < -0.39 is 11.7 Å². The minimum Gasteiger partial charge on any atom is -0.373 e. The summed E-state index contributed by atoms with van der Waals surface area (Å²) in [6.07, 6.45) is 3.80. The van der Waals surface area contributed by atoms with Crippen molar-refractivity contribution >= 4 is 23.1 Å². The van der Waals surface area contributed by atoms with Crippen molar-refractivity contribution in [2.45, 2.75) is 96.5 Å². The number of nitrogens with zero attached hydrogens (tertiary/aromatic N) is 2. The first-order valence-electron chi connectivity index (χ1n) is 13.4. The molecule has 3 aliphatic rings. The standard InChI is InChI=1S/C29H39N3O5/c1-18(2)36-22-9-11-26(34-16-22)28(33)32-15-20-7-6-12-30-27(20)31-24-10-8-21(13-25(24)32)29(5)14-23(17-35-29)37-19(3)4/h6-8,10,12-13,18-19,22-23,26H,9,11,14-17H2,1-5H3,(H,30,31)/t22-,23+,26+,29+/m0/s1. The SMILES string of the molecule is CC(C)O[C@H]1CC[C@H](C(=O)N2Cc3cccnc3Nc3ccc([C@@]4(C)C[C@@H](OC(C)C)CO4)cc32)OC1. The van der Waals surface area contributed by atoms with E-state index in [4.69, 9.17) is 18.9 Å². The molecule has 2 saturated heterocycles. The summed E-state index contributed by atoms with van der Waals surface area (Å²) in [4.78, 5) is 20.3. The Bertz CT molecular complexity index is 1110. The summed E-state index contributed by atoms with van der Waals surface area (Å²) in [5.41, 5.74) is 3.13. The Morgan fingerprint density at radius 1 is 1.11 bits per heavy atom. The van der Waals surface area contributed by atoms with E-state index in [-0.39, 0.29) is 30.3 Å². The van der Waals surface area contributed by atoms with Gasteiger partial charge >= 0.3 is 0 Å². The molecule has 0 saturated carbocycles. The number of carbonyl (C=O) groups excluding carboxylic acids is 1. The highest BCUT2D eigenvalue weighted by molar-refractivity contribution is 6.01. The highest BCUT2D eigenvalue weighted by Gasteiger charge is 2.40. The van der Waals surface area contributed by atoms with Crippen LogP contribution in [0.15, 0.2) is 36.5 Å². The Morgan fingerprint density at radius 2 is 1.89 bits per heavy atom. The van der Waals surface area contributed by atoms with Gasteiger partial charge in [-0.2, -0.15) is 0 Å². The van der Waals surface area contributed by atoms with Crippen molar-refractivity contribution in [2.24, 2.45) is 0 Å². The molecule has 2 fully saturated rings. The van der Waals surface area contributed by atoms with E-state index >= 15 is 0 Å². The van der Waals surface area contributed by atoms with E-state index in [9.17, 15) is 4.79 Å². The Morgan fingerprint density at radius 3 is 2.62 bits per heavy atom. The maximum absolute atomic E-state index is 14.0. The molecule has 3 aliphatic heterocycles. The predicted octanol–water partition coefficient (Wildman–Crippen LogP) is 5.07. The van der Waals surface area contributed by atoms with E-state index in [1.807, 2.05) is 50.8 Å². The van der Waals surface area contributed by atoms with Crippen LogP contribution < -0.4 is 10.2 Å². The third kappa shape index (κ3) is 5.67. The lowest BCUT2D eigenvalue weighted by molar-refractivity contribution is -0.143. The highest BCUT2D eigenvalue weighted by Crippen LogP contribution is 2.43. The van der Waals surface area contributed by atoms with Crippen LogP contribution in [0.4, 0.5) is 17.2 Å². The Hall–Kier alpha value is -2.52. The zero-order valence-electron chi connectivity index (χ0n) is 22.5. The Kier molecular flexibility index (Phi) is 7.54. The van der Waals surface area contributed by atoms with Gasteiger partial charge in [-0.1, -0.05) is 12.1 Å². The van der Waals surface area contributed by atoms with Crippen molar-refractivity contribution in [2.75, 3.05) is 23.4 Å². The van der Waals surface area contributed by atoms with Crippen molar-refractivity contribution in [3.05, 3.63) is 47.7 Å². The average Bonchev–Trinajstić information content (AvgIpc) is 3.15. The number of nitrogens with one attached hydrogen (secondary N) is 1. The molecule has 1 amide bonds. The van der Waals surface area contributed by atoms with Crippen molar-refractivity contribution < 1.29 is 23.7 Å². The van der Waals surface area contributed by atoms with Crippen LogP contribution in [0.3, 0.4) is 0 Å². The minimum absolute atomic E-state index is 0.0270. The molecule has 0 aliphatic carbocycles. The van der Waals surface area contributed by atoms with E-state index in [0.717, 1.165) is 41.2 Å². The van der Waals surface area contributed by atoms with Crippen LogP contribution in [0.5, 0.6) is 0 Å². The van der Waals surface area contributed by atoms with Gasteiger partial charge in [-0.05, 0) is 71.2 Å². The summed E-state index contributed by atoms with van der Waals surface area (Å²) in [6, 6.07) is 10.1. The number of fused-ring (bicyclic) bond motifs is 2. The molecule has 0 radical (unpaired) electrons. The number of hydrogen-bond acceptors (Lipinski definition) is 7. The smallest absolute Gasteiger partial charge is 0.256 e. The van der Waals surface area contributed by atoms with Crippen molar-refractivity contribution in [1.82, 2.24) is 4.98 Å². The molecule has 1 aromatic heterocycles. The first-order valence-corrected chi connectivity index (χ1v) is 13.4. The number of amides is 1. The van der Waals surface area contributed by atoms with E-state index in [2.05, 4.69) is 29.4 Å². The van der Waals surface area contributed by atoms with Gasteiger partial charge in [0.05, 0.1) is 61.2 Å². The largest absolute Gasteiger partial charge is 0.373 e. The molecule has 5 rings (SSSR count). The molecule has 0 bridgehead atoms. The predicted molar refractivity (Wildman–Crippen MR) is 142 cm³/mol. The number of hydrogen-bond donors (Lipinski definition) is 1. The van der Waals surface area contributed by atoms with Crippen molar-refractivity contribution in [1.29, 1.82) is 0 Å². The number of pyridine rings is 1. The van der Waals surface area contributed by atoms with Gasteiger partial charge in [0.1, 0.15) is 11.9 Å². The molecule has 0 unspecified atom stereocenters. The molecule has 8 nitrogen and oxygen atoms in total. The fraction of sp³-hybridized carbons (Fsp3) is 0.586. The van der Waals surface area contributed by atoms with Crippen LogP contribution in [0.1, 0.15) is 65.0 Å². The topological polar surface area (TPSA) is 82.2 Å². The zero-order chi connectivity index (χ0) is 26.2. The molecular weight excluding hydrogens is 470 g/mol. The van der Waals surface area contributed by atoms with Gasteiger partial charge in [0.15, 0.2) is 0 Å². The van der Waals surface area contributed by atoms with Crippen LogP contribution in [0.25, 0.3) is 0 Å². The molecule has 1 N–H and O–H groups in total. The molecule has 0 spiro atoms. The third-order valence-corrected chi connectivity index (χ3v) is 7.28. The van der Waals surface area contributed by atoms with Crippen LogP contribution in [0.2, 0.25) is 0 Å². The molecule has 200 valence electrons. The average molecular weight is 510 g/mol. The zero-order valence-corrected chi connectivity index (χ0v) is 22.5. The van der Waals surface area contributed by atoms with Crippen molar-refractivity contribution in [3.8, 4) is 0 Å². The van der Waals surface area contributed by atoms with E-state index in [0.29, 0.717) is 26.2 Å². The van der Waals surface area contributed by atoms with Crippen LogP contribution in [0, 0.1) is 0 Å². The maximum Gasteiger partial charge on any atom is 0.256 e. The van der Waals surface area contributed by atoms with Gasteiger partial charge in [-0.25, -0.2) is 4.98 Å². The lowest BCUT2D eigenvalue weighted by atomic mass is 9.91.